The van der Waals surface area contributed by atoms with E-state index >= 15 is 0 Å². The van der Waals surface area contributed by atoms with Crippen molar-refractivity contribution in [3.8, 4) is 5.69 Å². The molecule has 0 bridgehead atoms. The van der Waals surface area contributed by atoms with Gasteiger partial charge in [0.15, 0.2) is 0 Å². The molecule has 1 unspecified atom stereocenters. The Labute approximate surface area is 185 Å². The molecule has 2 heterocycles. The monoisotopic (exact) mass is 444 g/mol. The number of nitrogens with zero attached hydrogens (tertiary/aromatic N) is 3. The number of imidazole rings is 1. The lowest BCUT2D eigenvalue weighted by Crippen LogP contribution is -2.33. The van der Waals surface area contributed by atoms with Gasteiger partial charge in [0.25, 0.3) is 5.91 Å². The van der Waals surface area contributed by atoms with E-state index in [1.807, 2.05) is 24.3 Å². The first-order valence-corrected chi connectivity index (χ1v) is 10.8. The number of hydrogen-bond donors (Lipinski definition) is 1. The minimum atomic E-state index is -4.66. The Balaban J connectivity index is 1.61. The number of alkyl halides is 3. The van der Waals surface area contributed by atoms with Crippen molar-refractivity contribution in [2.45, 2.75) is 39.4 Å². The van der Waals surface area contributed by atoms with Crippen LogP contribution in [0.2, 0.25) is 0 Å². The Bertz CT molecular complexity index is 1140. The number of fused-ring (bicyclic) bond motifs is 1. The average Bonchev–Trinajstić information content (AvgIpc) is 3.35. The Morgan fingerprint density at radius 2 is 1.97 bits per heavy atom. The zero-order chi connectivity index (χ0) is 23.0. The molecule has 2 aromatic carbocycles. The lowest BCUT2D eigenvalue weighted by Gasteiger charge is -2.20. The van der Waals surface area contributed by atoms with Gasteiger partial charge in [0, 0.05) is 24.8 Å². The first kappa shape index (κ1) is 22.3. The van der Waals surface area contributed by atoms with E-state index in [1.165, 1.54) is 6.07 Å². The van der Waals surface area contributed by atoms with Gasteiger partial charge in [-0.1, -0.05) is 12.1 Å². The maximum atomic E-state index is 13.9. The minimum absolute atomic E-state index is 0.245. The van der Waals surface area contributed by atoms with E-state index in [1.54, 1.807) is 17.6 Å². The highest BCUT2D eigenvalue weighted by molar-refractivity contribution is 5.96. The number of aromatic nitrogens is 2. The van der Waals surface area contributed by atoms with Crippen LogP contribution in [0.25, 0.3) is 16.7 Å². The number of rotatable bonds is 5. The molecular formula is C24H27F3N4O. The summed E-state index contributed by atoms with van der Waals surface area (Å²) in [6.45, 7) is 8.13. The molecule has 5 nitrogen and oxygen atoms in total. The van der Waals surface area contributed by atoms with Gasteiger partial charge in [0.2, 0.25) is 0 Å². The molecule has 32 heavy (non-hydrogen) atoms. The van der Waals surface area contributed by atoms with Crippen molar-refractivity contribution in [1.82, 2.24) is 19.8 Å². The van der Waals surface area contributed by atoms with Gasteiger partial charge in [-0.3, -0.25) is 9.36 Å². The molecule has 1 atom stereocenters. The second kappa shape index (κ2) is 8.58. The quantitative estimate of drug-likeness (QED) is 0.614. The predicted octanol–water partition coefficient (Wildman–Crippen LogP) is 4.81. The van der Waals surface area contributed by atoms with Gasteiger partial charge in [-0.15, -0.1) is 0 Å². The summed E-state index contributed by atoms with van der Waals surface area (Å²) in [7, 11) is 0. The Morgan fingerprint density at radius 3 is 2.66 bits per heavy atom. The van der Waals surface area contributed by atoms with E-state index in [2.05, 4.69) is 29.0 Å². The van der Waals surface area contributed by atoms with Gasteiger partial charge in [-0.05, 0) is 70.0 Å². The van der Waals surface area contributed by atoms with E-state index in [0.29, 0.717) is 35.1 Å². The molecule has 0 spiro atoms. The van der Waals surface area contributed by atoms with E-state index in [9.17, 15) is 18.0 Å². The number of nitrogens with one attached hydrogen (secondary N) is 1. The zero-order valence-electron chi connectivity index (χ0n) is 18.4. The maximum absolute atomic E-state index is 13.9. The number of carbonyl (C=O) groups is 1. The van der Waals surface area contributed by atoms with Crippen LogP contribution in [0.5, 0.6) is 0 Å². The molecule has 170 valence electrons. The van der Waals surface area contributed by atoms with E-state index in [-0.39, 0.29) is 11.5 Å². The highest BCUT2D eigenvalue weighted by Crippen LogP contribution is 2.34. The van der Waals surface area contributed by atoms with Crippen molar-refractivity contribution in [2.75, 3.05) is 19.6 Å². The van der Waals surface area contributed by atoms with Crippen molar-refractivity contribution >= 4 is 16.9 Å². The average molecular weight is 445 g/mol. The van der Waals surface area contributed by atoms with Crippen LogP contribution in [0, 0.1) is 12.8 Å². The van der Waals surface area contributed by atoms with Crippen LogP contribution < -0.4 is 5.32 Å². The summed E-state index contributed by atoms with van der Waals surface area (Å²) >= 11 is 0. The van der Waals surface area contributed by atoms with E-state index in [4.69, 9.17) is 0 Å². The molecule has 1 fully saturated rings. The number of halogens is 3. The number of aryl methyl sites for hydroxylation is 1. The second-order valence-corrected chi connectivity index (χ2v) is 8.66. The summed E-state index contributed by atoms with van der Waals surface area (Å²) in [5.74, 6) is 0.126. The smallest absolute Gasteiger partial charge is 0.352 e. The highest BCUT2D eigenvalue weighted by atomic mass is 19.4. The largest absolute Gasteiger partial charge is 0.417 e. The normalized spacial score (nSPS) is 17.4. The van der Waals surface area contributed by atoms with Gasteiger partial charge in [0.05, 0.1) is 22.2 Å². The van der Waals surface area contributed by atoms with Gasteiger partial charge < -0.3 is 10.2 Å². The highest BCUT2D eigenvalue weighted by Gasteiger charge is 2.36. The fraction of sp³-hybridized carbons (Fsp3) is 0.417. The molecule has 4 rings (SSSR count). The molecule has 1 aromatic heterocycles. The third-order valence-electron chi connectivity index (χ3n) is 6.14. The number of amides is 1. The van der Waals surface area contributed by atoms with Gasteiger partial charge in [0.1, 0.15) is 5.82 Å². The van der Waals surface area contributed by atoms with Crippen molar-refractivity contribution in [2.24, 2.45) is 5.92 Å². The third kappa shape index (κ3) is 4.37. The number of benzene rings is 2. The Hall–Kier alpha value is -2.87. The van der Waals surface area contributed by atoms with Crippen molar-refractivity contribution in [1.29, 1.82) is 0 Å². The van der Waals surface area contributed by atoms with Crippen LogP contribution in [0.15, 0.2) is 42.5 Å². The van der Waals surface area contributed by atoms with Gasteiger partial charge >= 0.3 is 6.18 Å². The van der Waals surface area contributed by atoms with Crippen LogP contribution >= 0.6 is 0 Å². The summed E-state index contributed by atoms with van der Waals surface area (Å²) in [6, 6.07) is 11.5. The molecule has 0 aliphatic carbocycles. The third-order valence-corrected chi connectivity index (χ3v) is 6.14. The van der Waals surface area contributed by atoms with Gasteiger partial charge in [-0.25, -0.2) is 4.98 Å². The standard InChI is InChI=1S/C24H27F3N4O/c1-15(2)30-11-10-17(14-30)13-28-23(32)19-9-8-18(12-20(19)24(25,26)27)31-16(3)29-21-6-4-5-7-22(21)31/h4-9,12,15,17H,10-11,13-14H2,1-3H3,(H,28,32). The van der Waals surface area contributed by atoms with Crippen LogP contribution in [0.4, 0.5) is 13.2 Å². The summed E-state index contributed by atoms with van der Waals surface area (Å²) in [6.07, 6.45) is -3.73. The first-order chi connectivity index (χ1) is 15.1. The second-order valence-electron chi connectivity index (χ2n) is 8.66. The SMILES string of the molecule is Cc1nc2ccccc2n1-c1ccc(C(=O)NCC2CCN(C(C)C)C2)c(C(F)(F)F)c1. The molecule has 0 saturated carbocycles. The van der Waals surface area contributed by atoms with Crippen LogP contribution in [0.1, 0.15) is 42.0 Å². The molecule has 1 N–H and O–H groups in total. The fourth-order valence-corrected chi connectivity index (χ4v) is 4.41. The number of likely N-dealkylation sites (tertiary alicyclic amines) is 1. The fourth-order valence-electron chi connectivity index (χ4n) is 4.41. The van der Waals surface area contributed by atoms with Gasteiger partial charge in [-0.2, -0.15) is 13.2 Å². The lowest BCUT2D eigenvalue weighted by atomic mass is 10.0. The van der Waals surface area contributed by atoms with Crippen molar-refractivity contribution in [3.63, 3.8) is 0 Å². The van der Waals surface area contributed by atoms with Crippen LogP contribution in [0.3, 0.4) is 0 Å². The van der Waals surface area contributed by atoms with Crippen LogP contribution in [-0.4, -0.2) is 46.0 Å². The maximum Gasteiger partial charge on any atom is 0.417 e. The summed E-state index contributed by atoms with van der Waals surface area (Å²) in [5.41, 5.74) is 0.434. The zero-order valence-corrected chi connectivity index (χ0v) is 18.4. The number of carbonyl (C=O) groups excluding carboxylic acids is 1. The Morgan fingerprint density at radius 1 is 1.22 bits per heavy atom. The Kier molecular flexibility index (Phi) is 5.99. The topological polar surface area (TPSA) is 50.2 Å². The van der Waals surface area contributed by atoms with Crippen LogP contribution in [-0.2, 0) is 6.18 Å². The molecule has 1 amide bonds. The van der Waals surface area contributed by atoms with Crippen molar-refractivity contribution < 1.29 is 18.0 Å². The summed E-state index contributed by atoms with van der Waals surface area (Å²) in [4.78, 5) is 19.5. The molecule has 0 radical (unpaired) electrons. The summed E-state index contributed by atoms with van der Waals surface area (Å²) in [5, 5.41) is 2.72. The predicted molar refractivity (Wildman–Crippen MR) is 118 cm³/mol. The van der Waals surface area contributed by atoms with E-state index in [0.717, 1.165) is 25.6 Å². The molecule has 1 aliphatic heterocycles. The lowest BCUT2D eigenvalue weighted by molar-refractivity contribution is -0.137. The molecule has 1 saturated heterocycles. The van der Waals surface area contributed by atoms with E-state index < -0.39 is 17.6 Å². The number of hydrogen-bond acceptors (Lipinski definition) is 3. The molecule has 3 aromatic rings. The molecule has 8 heteroatoms. The van der Waals surface area contributed by atoms with Crippen molar-refractivity contribution in [3.05, 3.63) is 59.4 Å². The minimum Gasteiger partial charge on any atom is -0.352 e. The number of para-hydroxylation sites is 2. The molecular weight excluding hydrogens is 417 g/mol. The summed E-state index contributed by atoms with van der Waals surface area (Å²) < 4.78 is 43.4. The molecule has 1 aliphatic rings. The first-order valence-electron chi connectivity index (χ1n) is 10.8.